The van der Waals surface area contributed by atoms with Crippen LogP contribution in [0, 0.1) is 6.92 Å². The Bertz CT molecular complexity index is 595. The fourth-order valence-electron chi connectivity index (χ4n) is 2.51. The molecule has 118 valence electrons. The first-order valence-corrected chi connectivity index (χ1v) is 9.02. The van der Waals surface area contributed by atoms with Crippen molar-refractivity contribution in [3.8, 4) is 0 Å². The van der Waals surface area contributed by atoms with Crippen molar-refractivity contribution in [2.24, 2.45) is 0 Å². The van der Waals surface area contributed by atoms with Crippen LogP contribution in [0.5, 0.6) is 0 Å². The molecule has 2 aromatic carbocycles. The molecule has 0 radical (unpaired) electrons. The van der Waals surface area contributed by atoms with Gasteiger partial charge in [0, 0.05) is 21.2 Å². The predicted octanol–water partition coefficient (Wildman–Crippen LogP) is 6.62. The van der Waals surface area contributed by atoms with Crippen LogP contribution in [-0.4, -0.2) is 6.04 Å². The van der Waals surface area contributed by atoms with Gasteiger partial charge in [-0.05, 0) is 49.6 Å². The molecule has 2 rings (SSSR count). The fraction of sp³-hybridized carbons (Fsp3) is 0.368. The SMILES string of the molecule is CCCC[C@@H](Cc1ccc(Br)cc1Cl)Nc1ccc(C)cc1. The third kappa shape index (κ3) is 5.33. The molecule has 0 unspecified atom stereocenters. The van der Waals surface area contributed by atoms with Crippen LogP contribution in [0.3, 0.4) is 0 Å². The number of unbranched alkanes of at least 4 members (excludes halogenated alkanes) is 1. The van der Waals surface area contributed by atoms with Gasteiger partial charge in [0.25, 0.3) is 0 Å². The minimum absolute atomic E-state index is 0.404. The lowest BCUT2D eigenvalue weighted by atomic mass is 10.0. The Kier molecular flexibility index (Phi) is 6.78. The average Bonchev–Trinajstić information content (AvgIpc) is 2.49. The van der Waals surface area contributed by atoms with Crippen LogP contribution in [0.2, 0.25) is 5.02 Å². The van der Waals surface area contributed by atoms with E-state index in [0.29, 0.717) is 6.04 Å². The lowest BCUT2D eigenvalue weighted by molar-refractivity contribution is 0.605. The van der Waals surface area contributed by atoms with E-state index in [1.165, 1.54) is 29.7 Å². The van der Waals surface area contributed by atoms with E-state index in [0.717, 1.165) is 22.3 Å². The number of hydrogen-bond donors (Lipinski definition) is 1. The highest BCUT2D eigenvalue weighted by Crippen LogP contribution is 2.24. The molecule has 0 fully saturated rings. The minimum atomic E-state index is 0.404. The summed E-state index contributed by atoms with van der Waals surface area (Å²) in [6.45, 7) is 4.34. The summed E-state index contributed by atoms with van der Waals surface area (Å²) >= 11 is 9.84. The molecule has 1 atom stereocenters. The summed E-state index contributed by atoms with van der Waals surface area (Å²) in [5.41, 5.74) is 3.66. The largest absolute Gasteiger partial charge is 0.382 e. The van der Waals surface area contributed by atoms with E-state index in [4.69, 9.17) is 11.6 Å². The van der Waals surface area contributed by atoms with Crippen LogP contribution in [-0.2, 0) is 6.42 Å². The molecular weight excluding hydrogens is 358 g/mol. The summed E-state index contributed by atoms with van der Waals surface area (Å²) in [6.07, 6.45) is 4.52. The van der Waals surface area contributed by atoms with Crippen molar-refractivity contribution in [2.75, 3.05) is 5.32 Å². The van der Waals surface area contributed by atoms with Crippen molar-refractivity contribution in [3.63, 3.8) is 0 Å². The van der Waals surface area contributed by atoms with Gasteiger partial charge in [0.15, 0.2) is 0 Å². The first kappa shape index (κ1) is 17.4. The maximum absolute atomic E-state index is 6.37. The van der Waals surface area contributed by atoms with Crippen LogP contribution < -0.4 is 5.32 Å². The van der Waals surface area contributed by atoms with Crippen molar-refractivity contribution >= 4 is 33.2 Å². The number of anilines is 1. The van der Waals surface area contributed by atoms with Crippen LogP contribution in [0.25, 0.3) is 0 Å². The molecule has 0 amide bonds. The normalized spacial score (nSPS) is 12.2. The Morgan fingerprint density at radius 1 is 1.14 bits per heavy atom. The molecule has 0 aromatic heterocycles. The van der Waals surface area contributed by atoms with E-state index in [1.807, 2.05) is 6.07 Å². The van der Waals surface area contributed by atoms with Gasteiger partial charge in [-0.1, -0.05) is 71.1 Å². The smallest absolute Gasteiger partial charge is 0.0449 e. The van der Waals surface area contributed by atoms with Crippen molar-refractivity contribution in [3.05, 3.63) is 63.1 Å². The molecule has 22 heavy (non-hydrogen) atoms. The number of aryl methyl sites for hydroxylation is 1. The number of rotatable bonds is 7. The Labute approximate surface area is 147 Å². The summed E-state index contributed by atoms with van der Waals surface area (Å²) in [7, 11) is 0. The van der Waals surface area contributed by atoms with E-state index < -0.39 is 0 Å². The maximum atomic E-state index is 6.37. The average molecular weight is 381 g/mol. The Morgan fingerprint density at radius 3 is 2.50 bits per heavy atom. The summed E-state index contributed by atoms with van der Waals surface area (Å²) in [5, 5.41) is 4.50. The highest BCUT2D eigenvalue weighted by atomic mass is 79.9. The second-order valence-corrected chi connectivity index (χ2v) is 7.11. The van der Waals surface area contributed by atoms with Gasteiger partial charge in [-0.3, -0.25) is 0 Å². The van der Waals surface area contributed by atoms with Crippen molar-refractivity contribution in [1.29, 1.82) is 0 Å². The Hall–Kier alpha value is -0.990. The lowest BCUT2D eigenvalue weighted by Crippen LogP contribution is -2.22. The molecule has 0 saturated carbocycles. The molecule has 0 saturated heterocycles. The molecule has 0 aliphatic rings. The first-order valence-electron chi connectivity index (χ1n) is 7.85. The van der Waals surface area contributed by atoms with Gasteiger partial charge < -0.3 is 5.32 Å². The molecule has 0 bridgehead atoms. The molecule has 2 aromatic rings. The van der Waals surface area contributed by atoms with Crippen LogP contribution >= 0.6 is 27.5 Å². The number of halogens is 2. The number of benzene rings is 2. The second kappa shape index (κ2) is 8.59. The molecule has 0 heterocycles. The topological polar surface area (TPSA) is 12.0 Å². The van der Waals surface area contributed by atoms with E-state index in [-0.39, 0.29) is 0 Å². The van der Waals surface area contributed by atoms with E-state index in [9.17, 15) is 0 Å². The maximum Gasteiger partial charge on any atom is 0.0449 e. The van der Waals surface area contributed by atoms with Crippen LogP contribution in [0.4, 0.5) is 5.69 Å². The fourth-order valence-corrected chi connectivity index (χ4v) is 3.26. The zero-order valence-corrected chi connectivity index (χ0v) is 15.5. The predicted molar refractivity (Wildman–Crippen MR) is 101 cm³/mol. The van der Waals surface area contributed by atoms with Gasteiger partial charge in [-0.2, -0.15) is 0 Å². The third-order valence-electron chi connectivity index (χ3n) is 3.81. The molecule has 3 heteroatoms. The minimum Gasteiger partial charge on any atom is -0.382 e. The molecule has 0 aliphatic heterocycles. The van der Waals surface area contributed by atoms with Crippen molar-refractivity contribution < 1.29 is 0 Å². The van der Waals surface area contributed by atoms with E-state index in [1.54, 1.807) is 0 Å². The zero-order valence-electron chi connectivity index (χ0n) is 13.2. The van der Waals surface area contributed by atoms with Gasteiger partial charge in [0.05, 0.1) is 0 Å². The van der Waals surface area contributed by atoms with Crippen LogP contribution in [0.1, 0.15) is 37.3 Å². The summed E-state index contributed by atoms with van der Waals surface area (Å²) in [6, 6.07) is 15.1. The van der Waals surface area contributed by atoms with Crippen molar-refractivity contribution in [2.45, 2.75) is 45.6 Å². The Morgan fingerprint density at radius 2 is 1.86 bits per heavy atom. The number of nitrogens with one attached hydrogen (secondary N) is 1. The lowest BCUT2D eigenvalue weighted by Gasteiger charge is -2.21. The van der Waals surface area contributed by atoms with E-state index in [2.05, 4.69) is 71.5 Å². The van der Waals surface area contributed by atoms with Gasteiger partial charge >= 0.3 is 0 Å². The first-order chi connectivity index (χ1) is 10.6. The van der Waals surface area contributed by atoms with Gasteiger partial charge in [0.1, 0.15) is 0 Å². The Balaban J connectivity index is 2.09. The van der Waals surface area contributed by atoms with Gasteiger partial charge in [-0.25, -0.2) is 0 Å². The van der Waals surface area contributed by atoms with Crippen molar-refractivity contribution in [1.82, 2.24) is 0 Å². The summed E-state index contributed by atoms with van der Waals surface area (Å²) in [5.74, 6) is 0. The highest BCUT2D eigenvalue weighted by Gasteiger charge is 2.12. The van der Waals surface area contributed by atoms with E-state index >= 15 is 0 Å². The molecule has 0 spiro atoms. The number of hydrogen-bond acceptors (Lipinski definition) is 1. The summed E-state index contributed by atoms with van der Waals surface area (Å²) < 4.78 is 1.03. The molecule has 1 nitrogen and oxygen atoms in total. The third-order valence-corrected chi connectivity index (χ3v) is 4.66. The monoisotopic (exact) mass is 379 g/mol. The second-order valence-electron chi connectivity index (χ2n) is 5.79. The quantitative estimate of drug-likeness (QED) is 0.568. The molecule has 0 aliphatic carbocycles. The van der Waals surface area contributed by atoms with Crippen LogP contribution in [0.15, 0.2) is 46.9 Å². The van der Waals surface area contributed by atoms with Gasteiger partial charge in [0.2, 0.25) is 0 Å². The summed E-state index contributed by atoms with van der Waals surface area (Å²) in [4.78, 5) is 0. The standard InChI is InChI=1S/C19H23BrClN/c1-3-4-5-18(22-17-10-6-14(2)7-11-17)12-15-8-9-16(20)13-19(15)21/h6-11,13,18,22H,3-5,12H2,1-2H3/t18-/m0/s1. The van der Waals surface area contributed by atoms with Gasteiger partial charge in [-0.15, -0.1) is 0 Å². The molecular formula is C19H23BrClN. The molecule has 1 N–H and O–H groups in total. The zero-order chi connectivity index (χ0) is 15.9. The highest BCUT2D eigenvalue weighted by molar-refractivity contribution is 9.10.